The number of nitrogens with one attached hydrogen (secondary N) is 2. The van der Waals surface area contributed by atoms with Crippen molar-refractivity contribution in [2.24, 2.45) is 0 Å². The van der Waals surface area contributed by atoms with Crippen LogP contribution >= 0.6 is 11.6 Å². The van der Waals surface area contributed by atoms with Gasteiger partial charge in [0.2, 0.25) is 5.76 Å². The number of rotatable bonds is 4. The average molecular weight is 319 g/mol. The molecule has 0 aliphatic carbocycles. The van der Waals surface area contributed by atoms with Crippen LogP contribution in [0.4, 0.5) is 0 Å². The summed E-state index contributed by atoms with van der Waals surface area (Å²) in [6.07, 6.45) is 0.651. The van der Waals surface area contributed by atoms with E-state index in [-0.39, 0.29) is 18.2 Å². The van der Waals surface area contributed by atoms with Crippen LogP contribution in [0.2, 0.25) is 5.02 Å². The van der Waals surface area contributed by atoms with Crippen LogP contribution in [0.1, 0.15) is 34.9 Å². The van der Waals surface area contributed by atoms with Crippen LogP contribution in [-0.4, -0.2) is 20.9 Å². The number of hydrogen-bond acceptors (Lipinski definition) is 4. The summed E-state index contributed by atoms with van der Waals surface area (Å²) in [4.78, 5) is 23.8. The number of carbonyl (C=O) groups excluding carboxylic acids is 1. The van der Waals surface area contributed by atoms with Crippen LogP contribution in [0.5, 0.6) is 0 Å². The van der Waals surface area contributed by atoms with Crippen LogP contribution < -0.4 is 5.32 Å². The zero-order chi connectivity index (χ0) is 15.7. The Bertz CT molecular complexity index is 837. The highest BCUT2D eigenvalue weighted by molar-refractivity contribution is 6.31. The molecule has 0 aliphatic rings. The lowest BCUT2D eigenvalue weighted by molar-refractivity contribution is 0.0919. The summed E-state index contributed by atoms with van der Waals surface area (Å²) >= 11 is 5.93. The van der Waals surface area contributed by atoms with E-state index in [0.717, 1.165) is 11.0 Å². The maximum absolute atomic E-state index is 12.1. The quantitative estimate of drug-likeness (QED) is 0.774. The largest absolute Gasteiger partial charge is 0.435 e. The number of benzene rings is 1. The van der Waals surface area contributed by atoms with Gasteiger partial charge in [0.25, 0.3) is 5.91 Å². The predicted octanol–water partition coefficient (Wildman–Crippen LogP) is 3.01. The van der Waals surface area contributed by atoms with Crippen molar-refractivity contribution in [1.29, 1.82) is 0 Å². The molecule has 0 atom stereocenters. The molecular formula is C15H15ClN4O2. The molecule has 6 nitrogen and oxygen atoms in total. The molecule has 1 aromatic carbocycles. The zero-order valence-corrected chi connectivity index (χ0v) is 13.0. The molecule has 114 valence electrons. The molecule has 3 rings (SSSR count). The Kier molecular flexibility index (Phi) is 3.85. The van der Waals surface area contributed by atoms with E-state index >= 15 is 0 Å². The molecule has 1 amide bonds. The highest BCUT2D eigenvalue weighted by Gasteiger charge is 2.16. The number of oxazole rings is 1. The van der Waals surface area contributed by atoms with Gasteiger partial charge in [0, 0.05) is 11.4 Å². The Hall–Kier alpha value is -2.34. The number of aryl methyl sites for hydroxylation is 2. The SMILES string of the molecule is CCc1nc(C)c(C(=O)NCc2nc3ccc(Cl)cc3[nH]2)o1. The number of imidazole rings is 1. The molecular weight excluding hydrogens is 304 g/mol. The zero-order valence-electron chi connectivity index (χ0n) is 12.2. The number of halogens is 1. The van der Waals surface area contributed by atoms with Crippen molar-refractivity contribution in [3.05, 3.63) is 46.4 Å². The van der Waals surface area contributed by atoms with Crippen molar-refractivity contribution in [3.8, 4) is 0 Å². The van der Waals surface area contributed by atoms with Crippen molar-refractivity contribution in [2.75, 3.05) is 0 Å². The topological polar surface area (TPSA) is 83.8 Å². The summed E-state index contributed by atoms with van der Waals surface area (Å²) in [5.41, 5.74) is 2.23. The first kappa shape index (κ1) is 14.6. The molecule has 0 aliphatic heterocycles. The maximum atomic E-state index is 12.1. The van der Waals surface area contributed by atoms with Gasteiger partial charge >= 0.3 is 0 Å². The highest BCUT2D eigenvalue weighted by Crippen LogP contribution is 2.17. The van der Waals surface area contributed by atoms with Crippen molar-refractivity contribution in [3.63, 3.8) is 0 Å². The number of aromatic amines is 1. The lowest BCUT2D eigenvalue weighted by Crippen LogP contribution is -2.23. The molecule has 2 N–H and O–H groups in total. The summed E-state index contributed by atoms with van der Waals surface area (Å²) < 4.78 is 5.42. The first-order valence-electron chi connectivity index (χ1n) is 6.95. The fraction of sp³-hybridized carbons (Fsp3) is 0.267. The van der Waals surface area contributed by atoms with Gasteiger partial charge in [0.15, 0.2) is 5.89 Å². The highest BCUT2D eigenvalue weighted by atomic mass is 35.5. The third kappa shape index (κ3) is 2.82. The van der Waals surface area contributed by atoms with Gasteiger partial charge in [-0.15, -0.1) is 0 Å². The van der Waals surface area contributed by atoms with Gasteiger partial charge in [0.05, 0.1) is 23.3 Å². The summed E-state index contributed by atoms with van der Waals surface area (Å²) in [6.45, 7) is 3.94. The van der Waals surface area contributed by atoms with E-state index in [1.807, 2.05) is 13.0 Å². The number of hydrogen-bond donors (Lipinski definition) is 2. The summed E-state index contributed by atoms with van der Waals surface area (Å²) in [5, 5.41) is 3.40. The molecule has 0 unspecified atom stereocenters. The van der Waals surface area contributed by atoms with E-state index < -0.39 is 0 Å². The average Bonchev–Trinajstić information content (AvgIpc) is 3.07. The second-order valence-electron chi connectivity index (χ2n) is 4.90. The van der Waals surface area contributed by atoms with Crippen LogP contribution in [0, 0.1) is 6.92 Å². The summed E-state index contributed by atoms with van der Waals surface area (Å²) in [7, 11) is 0. The van der Waals surface area contributed by atoms with E-state index in [0.29, 0.717) is 28.9 Å². The van der Waals surface area contributed by atoms with E-state index in [2.05, 4.69) is 20.3 Å². The molecule has 0 spiro atoms. The molecule has 0 saturated carbocycles. The first-order valence-corrected chi connectivity index (χ1v) is 7.33. The fourth-order valence-electron chi connectivity index (χ4n) is 2.18. The number of fused-ring (bicyclic) bond motifs is 1. The first-order chi connectivity index (χ1) is 10.6. The van der Waals surface area contributed by atoms with Crippen LogP contribution in [0.15, 0.2) is 22.6 Å². The predicted molar refractivity (Wildman–Crippen MR) is 82.9 cm³/mol. The molecule has 22 heavy (non-hydrogen) atoms. The minimum atomic E-state index is -0.303. The van der Waals surface area contributed by atoms with Gasteiger partial charge in [0.1, 0.15) is 5.82 Å². The molecule has 0 fully saturated rings. The van der Waals surface area contributed by atoms with E-state index in [1.165, 1.54) is 0 Å². The fourth-order valence-corrected chi connectivity index (χ4v) is 2.35. The Labute approximate surface area is 131 Å². The third-order valence-corrected chi connectivity index (χ3v) is 3.49. The van der Waals surface area contributed by atoms with Gasteiger partial charge in [-0.1, -0.05) is 18.5 Å². The number of amides is 1. The molecule has 0 bridgehead atoms. The number of H-pyrrole nitrogens is 1. The number of aromatic nitrogens is 3. The second kappa shape index (κ2) is 5.81. The Balaban J connectivity index is 1.72. The molecule has 2 heterocycles. The van der Waals surface area contributed by atoms with Crippen LogP contribution in [0.3, 0.4) is 0 Å². The van der Waals surface area contributed by atoms with Gasteiger partial charge in [-0.05, 0) is 25.1 Å². The third-order valence-electron chi connectivity index (χ3n) is 3.26. The number of carbonyl (C=O) groups is 1. The summed E-state index contributed by atoms with van der Waals surface area (Å²) in [5.74, 6) is 1.15. The lowest BCUT2D eigenvalue weighted by atomic mass is 10.3. The maximum Gasteiger partial charge on any atom is 0.289 e. The summed E-state index contributed by atoms with van der Waals surface area (Å²) in [6, 6.07) is 5.40. The van der Waals surface area contributed by atoms with E-state index in [9.17, 15) is 4.79 Å². The van der Waals surface area contributed by atoms with Gasteiger partial charge in [-0.3, -0.25) is 4.79 Å². The molecule has 0 saturated heterocycles. The molecule has 7 heteroatoms. The van der Waals surface area contributed by atoms with Gasteiger partial charge in [-0.25, -0.2) is 9.97 Å². The van der Waals surface area contributed by atoms with E-state index in [1.54, 1.807) is 19.1 Å². The molecule has 2 aromatic heterocycles. The Morgan fingerprint density at radius 3 is 2.95 bits per heavy atom. The van der Waals surface area contributed by atoms with Gasteiger partial charge < -0.3 is 14.7 Å². The standard InChI is InChI=1S/C15H15ClN4O2/c1-3-13-18-8(2)14(22-13)15(21)17-7-12-19-10-5-4-9(16)6-11(10)20-12/h4-6H,3,7H2,1-2H3,(H,17,21)(H,19,20). The van der Waals surface area contributed by atoms with Crippen LogP contribution in [0.25, 0.3) is 11.0 Å². The molecule has 0 radical (unpaired) electrons. The Morgan fingerprint density at radius 1 is 1.41 bits per heavy atom. The Morgan fingerprint density at radius 2 is 2.23 bits per heavy atom. The minimum Gasteiger partial charge on any atom is -0.435 e. The molecule has 3 aromatic rings. The van der Waals surface area contributed by atoms with Crippen molar-refractivity contribution in [1.82, 2.24) is 20.3 Å². The second-order valence-corrected chi connectivity index (χ2v) is 5.34. The van der Waals surface area contributed by atoms with Gasteiger partial charge in [-0.2, -0.15) is 0 Å². The van der Waals surface area contributed by atoms with Crippen molar-refractivity contribution >= 4 is 28.5 Å². The number of nitrogens with zero attached hydrogens (tertiary/aromatic N) is 2. The van der Waals surface area contributed by atoms with Crippen LogP contribution in [-0.2, 0) is 13.0 Å². The van der Waals surface area contributed by atoms with Crippen molar-refractivity contribution < 1.29 is 9.21 Å². The van der Waals surface area contributed by atoms with Crippen molar-refractivity contribution in [2.45, 2.75) is 26.8 Å². The smallest absolute Gasteiger partial charge is 0.289 e. The monoisotopic (exact) mass is 318 g/mol. The minimum absolute atomic E-state index is 0.246. The van der Waals surface area contributed by atoms with E-state index in [4.69, 9.17) is 16.0 Å². The lowest BCUT2D eigenvalue weighted by Gasteiger charge is -2.00. The normalized spacial score (nSPS) is 11.0.